The van der Waals surface area contributed by atoms with Crippen molar-refractivity contribution in [2.45, 2.75) is 31.2 Å². The fraction of sp³-hybridized carbons (Fsp3) is 0.438. The number of amides is 1. The third kappa shape index (κ3) is 4.54. The first-order chi connectivity index (χ1) is 10.9. The maximum absolute atomic E-state index is 13.0. The van der Waals surface area contributed by atoms with E-state index in [1.165, 1.54) is 23.9 Å². The number of hydrogen-bond acceptors (Lipinski definition) is 4. The minimum atomic E-state index is -0.291. The van der Waals surface area contributed by atoms with Crippen molar-refractivity contribution >= 4 is 17.7 Å². The maximum Gasteiger partial charge on any atom is 0.233 e. The summed E-state index contributed by atoms with van der Waals surface area (Å²) in [5.41, 5.74) is 0.783. The molecule has 0 aliphatic heterocycles. The molecule has 0 spiro atoms. The van der Waals surface area contributed by atoms with Gasteiger partial charge in [-0.25, -0.2) is 4.39 Å². The number of rotatable bonds is 6. The molecular formula is C16H21FN4OS. The second-order valence-electron chi connectivity index (χ2n) is 5.77. The standard InChI is InChI=1S/C16H21FN4OS/c1-10(2)9-18-15(22)11(3)23-16-20-19-14(21(16)4)12-5-7-13(17)8-6-12/h5-8,10-11H,9H2,1-4H3,(H,18,22). The Morgan fingerprint density at radius 2 is 1.91 bits per heavy atom. The van der Waals surface area contributed by atoms with E-state index in [9.17, 15) is 9.18 Å². The molecule has 0 bridgehead atoms. The number of halogens is 1. The molecule has 2 rings (SSSR count). The number of nitrogens with zero attached hydrogens (tertiary/aromatic N) is 3. The van der Waals surface area contributed by atoms with Gasteiger partial charge < -0.3 is 9.88 Å². The lowest BCUT2D eigenvalue weighted by Crippen LogP contribution is -2.33. The highest BCUT2D eigenvalue weighted by atomic mass is 32.2. The normalized spacial score (nSPS) is 12.4. The summed E-state index contributed by atoms with van der Waals surface area (Å²) < 4.78 is 14.8. The van der Waals surface area contributed by atoms with Crippen LogP contribution in [-0.2, 0) is 11.8 Å². The van der Waals surface area contributed by atoms with Crippen LogP contribution in [0.4, 0.5) is 4.39 Å². The Kier molecular flexibility index (Phi) is 5.76. The van der Waals surface area contributed by atoms with Gasteiger partial charge in [0.25, 0.3) is 0 Å². The van der Waals surface area contributed by atoms with Crippen molar-refractivity contribution < 1.29 is 9.18 Å². The van der Waals surface area contributed by atoms with E-state index in [1.807, 2.05) is 18.5 Å². The van der Waals surface area contributed by atoms with Crippen LogP contribution in [0.1, 0.15) is 20.8 Å². The predicted octanol–water partition coefficient (Wildman–Crippen LogP) is 2.87. The molecule has 0 saturated carbocycles. The molecule has 0 fully saturated rings. The minimum absolute atomic E-state index is 0.0185. The van der Waals surface area contributed by atoms with Gasteiger partial charge in [-0.3, -0.25) is 4.79 Å². The summed E-state index contributed by atoms with van der Waals surface area (Å²) in [7, 11) is 1.83. The molecule has 1 heterocycles. The van der Waals surface area contributed by atoms with Crippen LogP contribution in [0.15, 0.2) is 29.4 Å². The minimum Gasteiger partial charge on any atom is -0.355 e. The molecule has 5 nitrogen and oxygen atoms in total. The van der Waals surface area contributed by atoms with E-state index in [4.69, 9.17) is 0 Å². The molecule has 23 heavy (non-hydrogen) atoms. The largest absolute Gasteiger partial charge is 0.355 e. The molecule has 1 unspecified atom stereocenters. The zero-order valence-electron chi connectivity index (χ0n) is 13.7. The number of benzene rings is 1. The summed E-state index contributed by atoms with van der Waals surface area (Å²) in [6.07, 6.45) is 0. The zero-order valence-corrected chi connectivity index (χ0v) is 14.5. The van der Waals surface area contributed by atoms with Crippen molar-refractivity contribution in [3.05, 3.63) is 30.1 Å². The van der Waals surface area contributed by atoms with Gasteiger partial charge in [-0.2, -0.15) is 0 Å². The Hall–Kier alpha value is -1.89. The molecule has 1 atom stereocenters. The second-order valence-corrected chi connectivity index (χ2v) is 7.08. The monoisotopic (exact) mass is 336 g/mol. The number of carbonyl (C=O) groups excluding carboxylic acids is 1. The average molecular weight is 336 g/mol. The summed E-state index contributed by atoms with van der Waals surface area (Å²) >= 11 is 1.35. The number of carbonyl (C=O) groups is 1. The van der Waals surface area contributed by atoms with Crippen LogP contribution in [-0.4, -0.2) is 32.5 Å². The smallest absolute Gasteiger partial charge is 0.233 e. The van der Waals surface area contributed by atoms with E-state index in [0.717, 1.165) is 5.56 Å². The van der Waals surface area contributed by atoms with Crippen LogP contribution in [0, 0.1) is 11.7 Å². The van der Waals surface area contributed by atoms with E-state index in [0.29, 0.717) is 23.4 Å². The topological polar surface area (TPSA) is 59.8 Å². The molecule has 0 aliphatic rings. The van der Waals surface area contributed by atoms with Crippen molar-refractivity contribution in [1.29, 1.82) is 0 Å². The highest BCUT2D eigenvalue weighted by molar-refractivity contribution is 8.00. The number of hydrogen-bond donors (Lipinski definition) is 1. The summed E-state index contributed by atoms with van der Waals surface area (Å²) in [5.74, 6) is 0.745. The van der Waals surface area contributed by atoms with E-state index < -0.39 is 0 Å². The third-order valence-electron chi connectivity index (χ3n) is 3.27. The average Bonchev–Trinajstić information content (AvgIpc) is 2.86. The molecule has 1 N–H and O–H groups in total. The van der Waals surface area contributed by atoms with Gasteiger partial charge in [0.05, 0.1) is 5.25 Å². The fourth-order valence-corrected chi connectivity index (χ4v) is 2.77. The van der Waals surface area contributed by atoms with Crippen molar-refractivity contribution in [3.8, 4) is 11.4 Å². The summed E-state index contributed by atoms with van der Waals surface area (Å²) in [4.78, 5) is 12.0. The summed E-state index contributed by atoms with van der Waals surface area (Å²) in [6.45, 7) is 6.60. The lowest BCUT2D eigenvalue weighted by atomic mass is 10.2. The molecule has 0 saturated heterocycles. The van der Waals surface area contributed by atoms with Crippen molar-refractivity contribution in [3.63, 3.8) is 0 Å². The van der Waals surface area contributed by atoms with Gasteiger partial charge in [0.15, 0.2) is 11.0 Å². The van der Waals surface area contributed by atoms with Crippen LogP contribution >= 0.6 is 11.8 Å². The summed E-state index contributed by atoms with van der Waals surface area (Å²) in [5, 5.41) is 11.6. The molecular weight excluding hydrogens is 315 g/mol. The van der Waals surface area contributed by atoms with Gasteiger partial charge in [0.1, 0.15) is 5.82 Å². The quantitative estimate of drug-likeness (QED) is 0.824. The first-order valence-corrected chi connectivity index (χ1v) is 8.36. The van der Waals surface area contributed by atoms with Gasteiger partial charge >= 0.3 is 0 Å². The fourth-order valence-electron chi connectivity index (χ4n) is 1.93. The third-order valence-corrected chi connectivity index (χ3v) is 4.41. The maximum atomic E-state index is 13.0. The Morgan fingerprint density at radius 1 is 1.26 bits per heavy atom. The SMILES string of the molecule is CC(C)CNC(=O)C(C)Sc1nnc(-c2ccc(F)cc2)n1C. The number of nitrogens with one attached hydrogen (secondary N) is 1. The van der Waals surface area contributed by atoms with Gasteiger partial charge in [-0.1, -0.05) is 25.6 Å². The van der Waals surface area contributed by atoms with Crippen LogP contribution in [0.5, 0.6) is 0 Å². The van der Waals surface area contributed by atoms with Crippen molar-refractivity contribution in [2.75, 3.05) is 6.54 Å². The molecule has 0 aliphatic carbocycles. The number of aromatic nitrogens is 3. The predicted molar refractivity (Wildman–Crippen MR) is 89.6 cm³/mol. The first kappa shape index (κ1) is 17.5. The van der Waals surface area contributed by atoms with Crippen LogP contribution in [0.3, 0.4) is 0 Å². The first-order valence-electron chi connectivity index (χ1n) is 7.48. The summed E-state index contributed by atoms with van der Waals surface area (Å²) in [6, 6.07) is 6.09. The van der Waals surface area contributed by atoms with Crippen LogP contribution in [0.25, 0.3) is 11.4 Å². The van der Waals surface area contributed by atoms with Gasteiger partial charge in [-0.05, 0) is 37.1 Å². The van der Waals surface area contributed by atoms with E-state index >= 15 is 0 Å². The van der Waals surface area contributed by atoms with Gasteiger partial charge in [0, 0.05) is 19.2 Å². The van der Waals surface area contributed by atoms with Crippen molar-refractivity contribution in [1.82, 2.24) is 20.1 Å². The lowest BCUT2D eigenvalue weighted by Gasteiger charge is -2.13. The van der Waals surface area contributed by atoms with E-state index in [2.05, 4.69) is 29.4 Å². The Bertz CT molecular complexity index is 669. The molecule has 124 valence electrons. The van der Waals surface area contributed by atoms with Gasteiger partial charge in [-0.15, -0.1) is 10.2 Å². The highest BCUT2D eigenvalue weighted by Gasteiger charge is 2.19. The van der Waals surface area contributed by atoms with Crippen LogP contribution < -0.4 is 5.32 Å². The Morgan fingerprint density at radius 3 is 2.52 bits per heavy atom. The molecule has 1 amide bonds. The lowest BCUT2D eigenvalue weighted by molar-refractivity contribution is -0.120. The highest BCUT2D eigenvalue weighted by Crippen LogP contribution is 2.25. The molecule has 7 heteroatoms. The molecule has 1 aromatic carbocycles. The van der Waals surface area contributed by atoms with Crippen LogP contribution in [0.2, 0.25) is 0 Å². The zero-order chi connectivity index (χ0) is 17.0. The van der Waals surface area contributed by atoms with Crippen molar-refractivity contribution in [2.24, 2.45) is 13.0 Å². The Labute approximate surface area is 139 Å². The Balaban J connectivity index is 2.07. The van der Waals surface area contributed by atoms with E-state index in [-0.39, 0.29) is 17.0 Å². The molecule has 1 aromatic heterocycles. The molecule has 0 radical (unpaired) electrons. The van der Waals surface area contributed by atoms with E-state index in [1.54, 1.807) is 12.1 Å². The molecule has 2 aromatic rings. The van der Waals surface area contributed by atoms with Gasteiger partial charge in [0.2, 0.25) is 5.91 Å². The number of thioether (sulfide) groups is 1. The second kappa shape index (κ2) is 7.59.